The number of aryl methyl sites for hydroxylation is 1. The van der Waals surface area contributed by atoms with Gasteiger partial charge in [-0.15, -0.1) is 0 Å². The lowest BCUT2D eigenvalue weighted by Gasteiger charge is -2.09. The number of aromatic nitrogens is 2. The lowest BCUT2D eigenvalue weighted by molar-refractivity contribution is -0.141. The van der Waals surface area contributed by atoms with E-state index in [1.54, 1.807) is 30.3 Å². The number of amides is 1. The Morgan fingerprint density at radius 2 is 1.89 bits per heavy atom. The van der Waals surface area contributed by atoms with Gasteiger partial charge in [0, 0.05) is 16.7 Å². The van der Waals surface area contributed by atoms with Gasteiger partial charge in [0.25, 0.3) is 5.91 Å². The SMILES string of the molecule is Cc1nc(C(F)(F)F)ccc1C(=O)NCc1cc(-c2ccc(Cl)cc2)no1. The van der Waals surface area contributed by atoms with Crippen LogP contribution >= 0.6 is 11.6 Å². The molecule has 0 bridgehead atoms. The number of rotatable bonds is 4. The van der Waals surface area contributed by atoms with Crippen LogP contribution in [0.2, 0.25) is 5.02 Å². The van der Waals surface area contributed by atoms with Gasteiger partial charge in [-0.25, -0.2) is 4.98 Å². The van der Waals surface area contributed by atoms with Gasteiger partial charge >= 0.3 is 6.18 Å². The maximum Gasteiger partial charge on any atom is 0.433 e. The van der Waals surface area contributed by atoms with Gasteiger partial charge in [0.1, 0.15) is 11.4 Å². The van der Waals surface area contributed by atoms with Gasteiger partial charge in [-0.2, -0.15) is 13.2 Å². The third-order valence-electron chi connectivity index (χ3n) is 3.74. The topological polar surface area (TPSA) is 68.0 Å². The highest BCUT2D eigenvalue weighted by Crippen LogP contribution is 2.28. The average molecular weight is 396 g/mol. The van der Waals surface area contributed by atoms with Crippen molar-refractivity contribution < 1.29 is 22.5 Å². The molecule has 0 fully saturated rings. The number of alkyl halides is 3. The van der Waals surface area contributed by atoms with Crippen molar-refractivity contribution in [1.29, 1.82) is 0 Å². The molecule has 0 radical (unpaired) electrons. The number of nitrogens with zero attached hydrogens (tertiary/aromatic N) is 2. The molecule has 0 aliphatic carbocycles. The van der Waals surface area contributed by atoms with Crippen molar-refractivity contribution in [3.05, 3.63) is 70.2 Å². The Hall–Kier alpha value is -2.87. The fraction of sp³-hybridized carbons (Fsp3) is 0.167. The van der Waals surface area contributed by atoms with Crippen LogP contribution in [0, 0.1) is 6.92 Å². The molecule has 0 atom stereocenters. The first-order valence-corrected chi connectivity index (χ1v) is 8.16. The number of hydrogen-bond donors (Lipinski definition) is 1. The third kappa shape index (κ3) is 4.46. The van der Waals surface area contributed by atoms with E-state index in [9.17, 15) is 18.0 Å². The Morgan fingerprint density at radius 1 is 1.19 bits per heavy atom. The molecule has 0 unspecified atom stereocenters. The molecule has 1 N–H and O–H groups in total. The second-order valence-electron chi connectivity index (χ2n) is 5.70. The summed E-state index contributed by atoms with van der Waals surface area (Å²) < 4.78 is 43.1. The molecule has 27 heavy (non-hydrogen) atoms. The minimum Gasteiger partial charge on any atom is -0.359 e. The summed E-state index contributed by atoms with van der Waals surface area (Å²) in [5, 5.41) is 7.08. The minimum atomic E-state index is -4.56. The zero-order valence-corrected chi connectivity index (χ0v) is 14.7. The van der Waals surface area contributed by atoms with E-state index in [4.69, 9.17) is 16.1 Å². The highest BCUT2D eigenvalue weighted by molar-refractivity contribution is 6.30. The zero-order valence-electron chi connectivity index (χ0n) is 14.0. The van der Waals surface area contributed by atoms with Crippen LogP contribution in [-0.2, 0) is 12.7 Å². The summed E-state index contributed by atoms with van der Waals surface area (Å²) in [6.07, 6.45) is -4.56. The van der Waals surface area contributed by atoms with E-state index in [1.165, 1.54) is 6.92 Å². The molecule has 2 heterocycles. The van der Waals surface area contributed by atoms with E-state index in [0.717, 1.165) is 17.7 Å². The lowest BCUT2D eigenvalue weighted by Crippen LogP contribution is -2.24. The summed E-state index contributed by atoms with van der Waals surface area (Å²) in [4.78, 5) is 15.6. The first kappa shape index (κ1) is 18.9. The van der Waals surface area contributed by atoms with Crippen molar-refractivity contribution >= 4 is 17.5 Å². The number of benzene rings is 1. The molecule has 0 spiro atoms. The largest absolute Gasteiger partial charge is 0.433 e. The number of halogens is 4. The van der Waals surface area contributed by atoms with E-state index >= 15 is 0 Å². The molecular formula is C18H13ClF3N3O2. The summed E-state index contributed by atoms with van der Waals surface area (Å²) in [7, 11) is 0. The Kier molecular flexibility index (Phi) is 5.18. The van der Waals surface area contributed by atoms with Crippen molar-refractivity contribution in [2.75, 3.05) is 0 Å². The van der Waals surface area contributed by atoms with Crippen LogP contribution in [-0.4, -0.2) is 16.0 Å². The van der Waals surface area contributed by atoms with E-state index in [0.29, 0.717) is 16.5 Å². The predicted molar refractivity (Wildman–Crippen MR) is 92.1 cm³/mol. The molecule has 140 valence electrons. The Morgan fingerprint density at radius 3 is 2.52 bits per heavy atom. The zero-order chi connectivity index (χ0) is 19.6. The van der Waals surface area contributed by atoms with Gasteiger partial charge in [-0.1, -0.05) is 28.9 Å². The number of carbonyl (C=O) groups is 1. The van der Waals surface area contributed by atoms with Gasteiger partial charge < -0.3 is 9.84 Å². The van der Waals surface area contributed by atoms with Gasteiger partial charge in [-0.3, -0.25) is 4.79 Å². The molecule has 0 saturated heterocycles. The molecule has 1 amide bonds. The molecule has 3 aromatic rings. The quantitative estimate of drug-likeness (QED) is 0.698. The van der Waals surface area contributed by atoms with Gasteiger partial charge in [0.2, 0.25) is 0 Å². The van der Waals surface area contributed by atoms with Crippen LogP contribution < -0.4 is 5.32 Å². The second kappa shape index (κ2) is 7.40. The Labute approximate surface area is 157 Å². The van der Waals surface area contributed by atoms with Crippen LogP contribution in [0.5, 0.6) is 0 Å². The van der Waals surface area contributed by atoms with Crippen LogP contribution in [0.1, 0.15) is 27.5 Å². The molecule has 0 saturated carbocycles. The first-order valence-electron chi connectivity index (χ1n) is 7.78. The number of nitrogens with one attached hydrogen (secondary N) is 1. The van der Waals surface area contributed by atoms with Crippen LogP contribution in [0.3, 0.4) is 0 Å². The highest BCUT2D eigenvalue weighted by atomic mass is 35.5. The maximum absolute atomic E-state index is 12.6. The monoisotopic (exact) mass is 395 g/mol. The predicted octanol–water partition coefficient (Wildman–Crippen LogP) is 4.65. The minimum absolute atomic E-state index is 0.0123. The normalized spacial score (nSPS) is 11.4. The van der Waals surface area contributed by atoms with Gasteiger partial charge in [0.15, 0.2) is 5.76 Å². The Balaban J connectivity index is 1.67. The van der Waals surface area contributed by atoms with Gasteiger partial charge in [-0.05, 0) is 31.2 Å². The smallest absolute Gasteiger partial charge is 0.359 e. The first-order chi connectivity index (χ1) is 12.7. The van der Waals surface area contributed by atoms with Crippen LogP contribution in [0.4, 0.5) is 13.2 Å². The number of pyridine rings is 1. The molecule has 0 aliphatic heterocycles. The average Bonchev–Trinajstić information content (AvgIpc) is 3.08. The van der Waals surface area contributed by atoms with Crippen molar-refractivity contribution in [3.8, 4) is 11.3 Å². The summed E-state index contributed by atoms with van der Waals surface area (Å²) in [5.74, 6) is -0.163. The van der Waals surface area contributed by atoms with Crippen LogP contribution in [0.25, 0.3) is 11.3 Å². The van der Waals surface area contributed by atoms with Crippen molar-refractivity contribution in [2.45, 2.75) is 19.6 Å². The van der Waals surface area contributed by atoms with Crippen molar-refractivity contribution in [2.24, 2.45) is 0 Å². The van der Waals surface area contributed by atoms with E-state index in [2.05, 4.69) is 15.5 Å². The number of hydrogen-bond acceptors (Lipinski definition) is 4. The highest BCUT2D eigenvalue weighted by Gasteiger charge is 2.33. The van der Waals surface area contributed by atoms with E-state index in [-0.39, 0.29) is 17.8 Å². The van der Waals surface area contributed by atoms with Crippen LogP contribution in [0.15, 0.2) is 47.0 Å². The Bertz CT molecular complexity index is 969. The summed E-state index contributed by atoms with van der Waals surface area (Å²) in [6.45, 7) is 1.37. The summed E-state index contributed by atoms with van der Waals surface area (Å²) >= 11 is 5.84. The summed E-state index contributed by atoms with van der Waals surface area (Å²) in [5.41, 5.74) is 0.369. The number of carbonyl (C=O) groups excluding carboxylic acids is 1. The molecular weight excluding hydrogens is 383 g/mol. The molecule has 3 rings (SSSR count). The molecule has 1 aromatic carbocycles. The van der Waals surface area contributed by atoms with Crippen molar-refractivity contribution in [3.63, 3.8) is 0 Å². The third-order valence-corrected chi connectivity index (χ3v) is 3.99. The van der Waals surface area contributed by atoms with Gasteiger partial charge in [0.05, 0.1) is 17.8 Å². The fourth-order valence-electron chi connectivity index (χ4n) is 2.37. The molecule has 9 heteroatoms. The van der Waals surface area contributed by atoms with Crippen molar-refractivity contribution in [1.82, 2.24) is 15.5 Å². The summed E-state index contributed by atoms with van der Waals surface area (Å²) in [6, 6.07) is 10.5. The van der Waals surface area contributed by atoms with E-state index < -0.39 is 17.8 Å². The standard InChI is InChI=1S/C18H13ClF3N3O2/c1-10-14(6-7-16(24-10)18(20,21)22)17(26)23-9-13-8-15(25-27-13)11-2-4-12(19)5-3-11/h2-8H,9H2,1H3,(H,23,26). The molecule has 5 nitrogen and oxygen atoms in total. The molecule has 0 aliphatic rings. The second-order valence-corrected chi connectivity index (χ2v) is 6.13. The maximum atomic E-state index is 12.6. The van der Waals surface area contributed by atoms with E-state index in [1.807, 2.05) is 0 Å². The lowest BCUT2D eigenvalue weighted by atomic mass is 10.1. The molecule has 2 aromatic heterocycles. The fourth-order valence-corrected chi connectivity index (χ4v) is 2.50.